The van der Waals surface area contributed by atoms with E-state index in [4.69, 9.17) is 0 Å². The van der Waals surface area contributed by atoms with Gasteiger partial charge in [0, 0.05) is 23.5 Å². The molecule has 0 bridgehead atoms. The highest BCUT2D eigenvalue weighted by Crippen LogP contribution is 2.12. The van der Waals surface area contributed by atoms with Gasteiger partial charge in [0.25, 0.3) is 11.8 Å². The number of amides is 2. The number of hydrogen-bond donors (Lipinski definition) is 3. The molecule has 2 amide bonds. The molecule has 0 aliphatic carbocycles. The molecule has 3 N–H and O–H groups in total. The average Bonchev–Trinajstić information content (AvgIpc) is 2.55. The molecule has 0 saturated carbocycles. The summed E-state index contributed by atoms with van der Waals surface area (Å²) in [4.78, 5) is 27.0. The first-order valence-corrected chi connectivity index (χ1v) is 6.45. The van der Waals surface area contributed by atoms with Gasteiger partial charge in [0.1, 0.15) is 5.75 Å². The van der Waals surface area contributed by atoms with Crippen LogP contribution < -0.4 is 10.7 Å². The summed E-state index contributed by atoms with van der Waals surface area (Å²) in [6, 6.07) is 9.67. The Kier molecular flexibility index (Phi) is 5.20. The van der Waals surface area contributed by atoms with Crippen LogP contribution >= 0.6 is 0 Å². The molecular formula is C15H14N4O3. The summed E-state index contributed by atoms with van der Waals surface area (Å²) in [5.74, 6) is -0.789. The number of rotatable bonds is 5. The van der Waals surface area contributed by atoms with E-state index in [1.165, 1.54) is 24.7 Å². The third-order valence-corrected chi connectivity index (χ3v) is 2.68. The lowest BCUT2D eigenvalue weighted by atomic mass is 10.2. The summed E-state index contributed by atoms with van der Waals surface area (Å²) in [5.41, 5.74) is 3.15. The van der Waals surface area contributed by atoms with Crippen molar-refractivity contribution in [2.24, 2.45) is 5.10 Å². The van der Waals surface area contributed by atoms with Gasteiger partial charge in [0.2, 0.25) is 0 Å². The van der Waals surface area contributed by atoms with Crippen molar-refractivity contribution in [1.82, 2.24) is 15.7 Å². The molecule has 0 fully saturated rings. The highest BCUT2D eigenvalue weighted by Gasteiger charge is 2.06. The average molecular weight is 298 g/mol. The topological polar surface area (TPSA) is 104 Å². The van der Waals surface area contributed by atoms with E-state index < -0.39 is 5.91 Å². The van der Waals surface area contributed by atoms with Gasteiger partial charge in [-0.15, -0.1) is 0 Å². The number of pyridine rings is 1. The molecule has 0 radical (unpaired) electrons. The van der Waals surface area contributed by atoms with E-state index >= 15 is 0 Å². The monoisotopic (exact) mass is 298 g/mol. The fourth-order valence-electron chi connectivity index (χ4n) is 1.58. The predicted molar refractivity (Wildman–Crippen MR) is 80.4 cm³/mol. The van der Waals surface area contributed by atoms with Crippen LogP contribution in [-0.2, 0) is 4.79 Å². The Morgan fingerprint density at radius 1 is 1.18 bits per heavy atom. The fourth-order valence-corrected chi connectivity index (χ4v) is 1.58. The lowest BCUT2D eigenvalue weighted by Gasteiger charge is -2.03. The number of aromatic hydroxyl groups is 1. The van der Waals surface area contributed by atoms with Gasteiger partial charge in [-0.1, -0.05) is 12.1 Å². The summed E-state index contributed by atoms with van der Waals surface area (Å²) in [5, 5.41) is 15.7. The molecule has 0 saturated heterocycles. The predicted octanol–water partition coefficient (Wildman–Crippen LogP) is 0.667. The van der Waals surface area contributed by atoms with Crippen molar-refractivity contribution in [2.45, 2.75) is 0 Å². The molecular weight excluding hydrogens is 284 g/mol. The zero-order valence-corrected chi connectivity index (χ0v) is 11.6. The second kappa shape index (κ2) is 7.53. The van der Waals surface area contributed by atoms with Gasteiger partial charge < -0.3 is 10.4 Å². The summed E-state index contributed by atoms with van der Waals surface area (Å²) >= 11 is 0. The van der Waals surface area contributed by atoms with E-state index in [1.54, 1.807) is 30.3 Å². The Hall–Kier alpha value is -3.22. The van der Waals surface area contributed by atoms with Gasteiger partial charge >= 0.3 is 0 Å². The summed E-state index contributed by atoms with van der Waals surface area (Å²) in [7, 11) is 0. The van der Waals surface area contributed by atoms with Crippen molar-refractivity contribution >= 4 is 18.0 Å². The van der Waals surface area contributed by atoms with Crippen LogP contribution in [0.4, 0.5) is 0 Å². The standard InChI is InChI=1S/C15H14N4O3/c20-13-4-2-1-3-12(13)9-18-19-14(21)10-17-15(22)11-5-7-16-8-6-11/h1-9,20H,10H2,(H,17,22)(H,19,21)/b18-9+. The van der Waals surface area contributed by atoms with Crippen LogP contribution in [0.5, 0.6) is 5.75 Å². The highest BCUT2D eigenvalue weighted by atomic mass is 16.3. The van der Waals surface area contributed by atoms with Crippen LogP contribution in [0.3, 0.4) is 0 Å². The van der Waals surface area contributed by atoms with Gasteiger partial charge in [-0.2, -0.15) is 5.10 Å². The number of carbonyl (C=O) groups excluding carboxylic acids is 2. The Morgan fingerprint density at radius 2 is 1.91 bits per heavy atom. The number of phenolic OH excluding ortho intramolecular Hbond substituents is 1. The number of aromatic nitrogens is 1. The Morgan fingerprint density at radius 3 is 2.64 bits per heavy atom. The van der Waals surface area contributed by atoms with Gasteiger partial charge in [-0.3, -0.25) is 14.6 Å². The van der Waals surface area contributed by atoms with Crippen molar-refractivity contribution in [3.8, 4) is 5.75 Å². The van der Waals surface area contributed by atoms with E-state index in [9.17, 15) is 14.7 Å². The molecule has 7 heteroatoms. The summed E-state index contributed by atoms with van der Waals surface area (Å²) < 4.78 is 0. The molecule has 0 atom stereocenters. The summed E-state index contributed by atoms with van der Waals surface area (Å²) in [6.07, 6.45) is 4.30. The Bertz CT molecular complexity index is 686. The molecule has 7 nitrogen and oxygen atoms in total. The van der Waals surface area contributed by atoms with Crippen molar-refractivity contribution in [3.05, 3.63) is 59.9 Å². The Labute approximate surface area is 126 Å². The number of hydrazone groups is 1. The molecule has 0 spiro atoms. The maximum Gasteiger partial charge on any atom is 0.259 e. The third-order valence-electron chi connectivity index (χ3n) is 2.68. The number of phenols is 1. The molecule has 1 aromatic heterocycles. The zero-order chi connectivity index (χ0) is 15.8. The van der Waals surface area contributed by atoms with Gasteiger partial charge in [0.05, 0.1) is 12.8 Å². The van der Waals surface area contributed by atoms with Crippen LogP contribution in [-0.4, -0.2) is 34.7 Å². The smallest absolute Gasteiger partial charge is 0.259 e. The number of benzene rings is 1. The molecule has 112 valence electrons. The van der Waals surface area contributed by atoms with Crippen LogP contribution in [0.15, 0.2) is 53.9 Å². The van der Waals surface area contributed by atoms with Crippen LogP contribution in [0.1, 0.15) is 15.9 Å². The number of hydrogen-bond acceptors (Lipinski definition) is 5. The Balaban J connectivity index is 1.79. The van der Waals surface area contributed by atoms with E-state index in [-0.39, 0.29) is 18.2 Å². The molecule has 2 rings (SSSR count). The molecule has 0 aliphatic rings. The molecule has 22 heavy (non-hydrogen) atoms. The van der Waals surface area contributed by atoms with E-state index in [0.29, 0.717) is 11.1 Å². The third kappa shape index (κ3) is 4.41. The van der Waals surface area contributed by atoms with Gasteiger partial charge in [-0.05, 0) is 24.3 Å². The first-order valence-electron chi connectivity index (χ1n) is 6.45. The van der Waals surface area contributed by atoms with Crippen molar-refractivity contribution in [2.75, 3.05) is 6.54 Å². The van der Waals surface area contributed by atoms with Crippen molar-refractivity contribution < 1.29 is 14.7 Å². The second-order valence-corrected chi connectivity index (χ2v) is 4.27. The molecule has 2 aromatic rings. The minimum absolute atomic E-state index is 0.0616. The zero-order valence-electron chi connectivity index (χ0n) is 11.6. The lowest BCUT2D eigenvalue weighted by molar-refractivity contribution is -0.120. The maximum absolute atomic E-state index is 11.7. The van der Waals surface area contributed by atoms with Crippen molar-refractivity contribution in [3.63, 3.8) is 0 Å². The van der Waals surface area contributed by atoms with E-state index in [0.717, 1.165) is 0 Å². The van der Waals surface area contributed by atoms with Gasteiger partial charge in [-0.25, -0.2) is 5.43 Å². The normalized spacial score (nSPS) is 10.4. The van der Waals surface area contributed by atoms with Crippen LogP contribution in [0.2, 0.25) is 0 Å². The first-order chi connectivity index (χ1) is 10.7. The quantitative estimate of drug-likeness (QED) is 0.557. The highest BCUT2D eigenvalue weighted by molar-refractivity contribution is 5.96. The van der Waals surface area contributed by atoms with Crippen molar-refractivity contribution in [1.29, 1.82) is 0 Å². The number of para-hydroxylation sites is 1. The van der Waals surface area contributed by atoms with Crippen LogP contribution in [0, 0.1) is 0 Å². The second-order valence-electron chi connectivity index (χ2n) is 4.27. The molecule has 1 heterocycles. The SMILES string of the molecule is O=C(CNC(=O)c1ccncc1)N/N=C/c1ccccc1O. The van der Waals surface area contributed by atoms with Gasteiger partial charge in [0.15, 0.2) is 0 Å². The number of nitrogens with one attached hydrogen (secondary N) is 2. The summed E-state index contributed by atoms with van der Waals surface area (Å²) in [6.45, 7) is -0.209. The largest absolute Gasteiger partial charge is 0.507 e. The van der Waals surface area contributed by atoms with E-state index in [1.807, 2.05) is 0 Å². The number of carbonyl (C=O) groups is 2. The molecule has 1 aromatic carbocycles. The first kappa shape index (κ1) is 15.2. The minimum atomic E-state index is -0.478. The fraction of sp³-hybridized carbons (Fsp3) is 0.0667. The minimum Gasteiger partial charge on any atom is -0.507 e. The lowest BCUT2D eigenvalue weighted by Crippen LogP contribution is -2.34. The van der Waals surface area contributed by atoms with Crippen LogP contribution in [0.25, 0.3) is 0 Å². The maximum atomic E-state index is 11.7. The van der Waals surface area contributed by atoms with E-state index in [2.05, 4.69) is 20.8 Å². The number of nitrogens with zero attached hydrogens (tertiary/aromatic N) is 2. The molecule has 0 unspecified atom stereocenters. The molecule has 0 aliphatic heterocycles.